The maximum absolute atomic E-state index is 6.12. The molecule has 0 bridgehead atoms. The highest BCUT2D eigenvalue weighted by molar-refractivity contribution is 5.15. The zero-order chi connectivity index (χ0) is 14.4. The van der Waals surface area contributed by atoms with Crippen LogP contribution >= 0.6 is 0 Å². The molecular formula is C17H28N2O. The van der Waals surface area contributed by atoms with Crippen molar-refractivity contribution in [2.45, 2.75) is 44.8 Å². The van der Waals surface area contributed by atoms with Gasteiger partial charge in [-0.05, 0) is 38.7 Å². The molecule has 2 rings (SSSR count). The molecule has 2 unspecified atom stereocenters. The summed E-state index contributed by atoms with van der Waals surface area (Å²) >= 11 is 0. The first-order valence-corrected chi connectivity index (χ1v) is 7.75. The van der Waals surface area contributed by atoms with E-state index in [4.69, 9.17) is 10.5 Å². The van der Waals surface area contributed by atoms with Gasteiger partial charge in [-0.1, -0.05) is 30.3 Å². The first-order chi connectivity index (χ1) is 9.64. The van der Waals surface area contributed by atoms with Crippen LogP contribution in [0.5, 0.6) is 0 Å². The van der Waals surface area contributed by atoms with Gasteiger partial charge in [0, 0.05) is 31.8 Å². The fraction of sp³-hybridized carbons (Fsp3) is 0.647. The number of nitrogens with two attached hydrogens (primary N) is 1. The maximum Gasteiger partial charge on any atom is 0.0674 e. The second-order valence-electron chi connectivity index (χ2n) is 6.17. The summed E-state index contributed by atoms with van der Waals surface area (Å²) in [5.74, 6) is 0. The lowest BCUT2D eigenvalue weighted by Gasteiger charge is -2.41. The highest BCUT2D eigenvalue weighted by atomic mass is 16.5. The molecule has 0 amide bonds. The lowest BCUT2D eigenvalue weighted by Crippen LogP contribution is -2.53. The van der Waals surface area contributed by atoms with Gasteiger partial charge in [0.1, 0.15) is 0 Å². The molecule has 112 valence electrons. The Kier molecular flexibility index (Phi) is 5.58. The van der Waals surface area contributed by atoms with Crippen molar-refractivity contribution in [3.05, 3.63) is 35.9 Å². The Balaban J connectivity index is 2.00. The summed E-state index contributed by atoms with van der Waals surface area (Å²) in [6.07, 6.45) is 3.59. The molecule has 1 aromatic rings. The molecular weight excluding hydrogens is 248 g/mol. The molecule has 1 saturated heterocycles. The van der Waals surface area contributed by atoms with Crippen LogP contribution in [0.25, 0.3) is 0 Å². The molecule has 3 heteroatoms. The largest absolute Gasteiger partial charge is 0.377 e. The molecule has 20 heavy (non-hydrogen) atoms. The highest BCUT2D eigenvalue weighted by Crippen LogP contribution is 2.23. The van der Waals surface area contributed by atoms with E-state index in [9.17, 15) is 0 Å². The Morgan fingerprint density at radius 3 is 2.80 bits per heavy atom. The van der Waals surface area contributed by atoms with Gasteiger partial charge in [0.25, 0.3) is 0 Å². The second kappa shape index (κ2) is 7.21. The van der Waals surface area contributed by atoms with E-state index in [0.29, 0.717) is 12.6 Å². The monoisotopic (exact) mass is 276 g/mol. The van der Waals surface area contributed by atoms with E-state index < -0.39 is 0 Å². The first-order valence-electron chi connectivity index (χ1n) is 7.75. The predicted molar refractivity (Wildman–Crippen MR) is 83.8 cm³/mol. The zero-order valence-electron chi connectivity index (χ0n) is 12.8. The lowest BCUT2D eigenvalue weighted by molar-refractivity contribution is 0.0404. The molecule has 2 N–H and O–H groups in total. The van der Waals surface area contributed by atoms with Gasteiger partial charge in [-0.15, -0.1) is 0 Å². The van der Waals surface area contributed by atoms with Crippen LogP contribution in [0.15, 0.2) is 30.3 Å². The molecule has 1 aromatic carbocycles. The molecule has 0 spiro atoms. The van der Waals surface area contributed by atoms with Crippen molar-refractivity contribution >= 4 is 0 Å². The topological polar surface area (TPSA) is 38.5 Å². The average Bonchev–Trinajstić information content (AvgIpc) is 2.71. The quantitative estimate of drug-likeness (QED) is 0.898. The molecule has 1 fully saturated rings. The Hall–Kier alpha value is -0.900. The Morgan fingerprint density at radius 1 is 1.35 bits per heavy atom. The average molecular weight is 276 g/mol. The third kappa shape index (κ3) is 4.05. The van der Waals surface area contributed by atoms with Crippen LogP contribution in [0, 0.1) is 0 Å². The summed E-state index contributed by atoms with van der Waals surface area (Å²) in [6.45, 7) is 8.11. The first kappa shape index (κ1) is 15.5. The van der Waals surface area contributed by atoms with Crippen LogP contribution in [0.1, 0.15) is 32.3 Å². The summed E-state index contributed by atoms with van der Waals surface area (Å²) in [5.41, 5.74) is 7.58. The normalized spacial score (nSPS) is 24.1. The fourth-order valence-electron chi connectivity index (χ4n) is 2.93. The van der Waals surface area contributed by atoms with Crippen LogP contribution < -0.4 is 5.73 Å². The highest BCUT2D eigenvalue weighted by Gasteiger charge is 2.32. The third-order valence-corrected chi connectivity index (χ3v) is 4.45. The number of hydrogen-bond donors (Lipinski definition) is 1. The fourth-order valence-corrected chi connectivity index (χ4v) is 2.93. The van der Waals surface area contributed by atoms with Gasteiger partial charge < -0.3 is 10.5 Å². The smallest absolute Gasteiger partial charge is 0.0674 e. The van der Waals surface area contributed by atoms with Crippen molar-refractivity contribution in [1.82, 2.24) is 4.90 Å². The van der Waals surface area contributed by atoms with E-state index >= 15 is 0 Å². The molecule has 0 aromatic heterocycles. The van der Waals surface area contributed by atoms with Gasteiger partial charge in [0.05, 0.1) is 6.10 Å². The molecule has 1 aliphatic rings. The number of hydrogen-bond acceptors (Lipinski definition) is 3. The van der Waals surface area contributed by atoms with Gasteiger partial charge in [0.2, 0.25) is 0 Å². The van der Waals surface area contributed by atoms with Gasteiger partial charge in [-0.3, -0.25) is 4.90 Å². The minimum Gasteiger partial charge on any atom is -0.377 e. The standard InChI is InChI=1S/C17H28N2O/c1-15-13-19(11-6-12-20-15)17(2,14-18)10-9-16-7-4-3-5-8-16/h3-5,7-8,15H,6,9-14,18H2,1-2H3. The van der Waals surface area contributed by atoms with E-state index in [-0.39, 0.29) is 5.54 Å². The number of aryl methyl sites for hydroxylation is 1. The molecule has 1 aliphatic heterocycles. The van der Waals surface area contributed by atoms with Crippen molar-refractivity contribution in [3.8, 4) is 0 Å². The van der Waals surface area contributed by atoms with Crippen LogP contribution in [0.2, 0.25) is 0 Å². The molecule has 0 radical (unpaired) electrons. The van der Waals surface area contributed by atoms with Crippen molar-refractivity contribution in [1.29, 1.82) is 0 Å². The molecule has 0 aliphatic carbocycles. The predicted octanol–water partition coefficient (Wildman–Crippen LogP) is 2.45. The van der Waals surface area contributed by atoms with Gasteiger partial charge in [-0.25, -0.2) is 0 Å². The summed E-state index contributed by atoms with van der Waals surface area (Å²) in [6, 6.07) is 10.7. The van der Waals surface area contributed by atoms with Crippen LogP contribution in [0.3, 0.4) is 0 Å². The zero-order valence-corrected chi connectivity index (χ0v) is 12.8. The summed E-state index contributed by atoms with van der Waals surface area (Å²) in [4.78, 5) is 2.54. The van der Waals surface area contributed by atoms with Crippen LogP contribution in [0.4, 0.5) is 0 Å². The van der Waals surface area contributed by atoms with Crippen LogP contribution in [-0.2, 0) is 11.2 Å². The Morgan fingerprint density at radius 2 is 2.10 bits per heavy atom. The minimum absolute atomic E-state index is 0.0673. The van der Waals surface area contributed by atoms with E-state index in [0.717, 1.165) is 39.0 Å². The minimum atomic E-state index is 0.0673. The molecule has 2 atom stereocenters. The van der Waals surface area contributed by atoms with Gasteiger partial charge in [0.15, 0.2) is 0 Å². The van der Waals surface area contributed by atoms with Crippen molar-refractivity contribution in [2.24, 2.45) is 5.73 Å². The molecule has 1 heterocycles. The maximum atomic E-state index is 6.12. The van der Waals surface area contributed by atoms with Crippen LogP contribution in [-0.4, -0.2) is 42.8 Å². The number of ether oxygens (including phenoxy) is 1. The second-order valence-corrected chi connectivity index (χ2v) is 6.17. The van der Waals surface area contributed by atoms with Crippen molar-refractivity contribution in [2.75, 3.05) is 26.2 Å². The Bertz CT molecular complexity index is 395. The van der Waals surface area contributed by atoms with Crippen molar-refractivity contribution in [3.63, 3.8) is 0 Å². The molecule has 0 saturated carbocycles. The SMILES string of the molecule is CC1CN(C(C)(CN)CCc2ccccc2)CCCO1. The van der Waals surface area contributed by atoms with Crippen molar-refractivity contribution < 1.29 is 4.74 Å². The van der Waals surface area contributed by atoms with E-state index in [2.05, 4.69) is 49.1 Å². The summed E-state index contributed by atoms with van der Waals surface area (Å²) in [7, 11) is 0. The van der Waals surface area contributed by atoms with E-state index in [1.165, 1.54) is 5.56 Å². The summed E-state index contributed by atoms with van der Waals surface area (Å²) in [5, 5.41) is 0. The van der Waals surface area contributed by atoms with E-state index in [1.807, 2.05) is 0 Å². The lowest BCUT2D eigenvalue weighted by atomic mass is 9.90. The third-order valence-electron chi connectivity index (χ3n) is 4.45. The number of rotatable bonds is 5. The Labute approximate surface area is 123 Å². The van der Waals surface area contributed by atoms with Gasteiger partial charge >= 0.3 is 0 Å². The number of nitrogens with zero attached hydrogens (tertiary/aromatic N) is 1. The van der Waals surface area contributed by atoms with Gasteiger partial charge in [-0.2, -0.15) is 0 Å². The molecule has 3 nitrogen and oxygen atoms in total. The number of benzene rings is 1. The van der Waals surface area contributed by atoms with E-state index in [1.54, 1.807) is 0 Å². The summed E-state index contributed by atoms with van der Waals surface area (Å²) < 4.78 is 5.75.